The molecule has 0 amide bonds. The zero-order valence-electron chi connectivity index (χ0n) is 13.7. The van der Waals surface area contributed by atoms with Gasteiger partial charge in [0.05, 0.1) is 13.4 Å². The van der Waals surface area contributed by atoms with Gasteiger partial charge in [0.15, 0.2) is 5.11 Å². The Balaban J connectivity index is 2.06. The van der Waals surface area contributed by atoms with E-state index in [1.54, 1.807) is 18.3 Å². The Labute approximate surface area is 195 Å². The normalized spacial score (nSPS) is 10.8. The lowest BCUT2D eigenvalue weighted by Gasteiger charge is -2.12. The molecule has 0 aliphatic heterocycles. The minimum Gasteiger partial charge on any atom is -0.487 e. The van der Waals surface area contributed by atoms with Crippen LogP contribution in [0.2, 0.25) is 10.0 Å². The van der Waals surface area contributed by atoms with E-state index in [0.29, 0.717) is 21.8 Å². The van der Waals surface area contributed by atoms with E-state index in [4.69, 9.17) is 40.2 Å². The van der Waals surface area contributed by atoms with Gasteiger partial charge >= 0.3 is 0 Å². The summed E-state index contributed by atoms with van der Waals surface area (Å²) in [6.07, 6.45) is 1.72. The van der Waals surface area contributed by atoms with E-state index in [1.165, 1.54) is 0 Å². The highest BCUT2D eigenvalue weighted by molar-refractivity contribution is 14.1. The monoisotopic (exact) mass is 633 g/mol. The Morgan fingerprint density at radius 2 is 1.92 bits per heavy atom. The van der Waals surface area contributed by atoms with Crippen LogP contribution in [0.4, 0.5) is 0 Å². The van der Waals surface area contributed by atoms with E-state index in [2.05, 4.69) is 61.0 Å². The summed E-state index contributed by atoms with van der Waals surface area (Å²) in [7, 11) is 0. The predicted molar refractivity (Wildman–Crippen MR) is 130 cm³/mol. The van der Waals surface area contributed by atoms with Gasteiger partial charge in [-0.05, 0) is 94.2 Å². The van der Waals surface area contributed by atoms with Crippen molar-refractivity contribution in [2.75, 3.05) is 6.54 Å². The third-order valence-corrected chi connectivity index (χ3v) is 5.55. The quantitative estimate of drug-likeness (QED) is 0.188. The largest absolute Gasteiger partial charge is 0.487 e. The van der Waals surface area contributed by atoms with Gasteiger partial charge in [0.25, 0.3) is 0 Å². The molecule has 4 nitrogen and oxygen atoms in total. The molecule has 0 spiro atoms. The molecule has 0 aromatic heterocycles. The average Bonchev–Trinajstić information content (AvgIpc) is 2.56. The second kappa shape index (κ2) is 10.8. The number of rotatable bonds is 6. The number of thiocarbonyl (C=S) groups is 1. The van der Waals surface area contributed by atoms with Gasteiger partial charge in [-0.2, -0.15) is 5.10 Å². The summed E-state index contributed by atoms with van der Waals surface area (Å²) in [6, 6.07) is 9.35. The van der Waals surface area contributed by atoms with Crippen LogP contribution in [-0.2, 0) is 6.61 Å². The van der Waals surface area contributed by atoms with Crippen LogP contribution in [0, 0.1) is 7.14 Å². The minimum atomic E-state index is 0.369. The number of nitrogens with zero attached hydrogens (tertiary/aromatic N) is 1. The molecule has 0 saturated carbocycles. The van der Waals surface area contributed by atoms with Crippen LogP contribution < -0.4 is 15.5 Å². The van der Waals surface area contributed by atoms with Gasteiger partial charge in [-0.1, -0.05) is 29.3 Å². The smallest absolute Gasteiger partial charge is 0.186 e. The first-order chi connectivity index (χ1) is 12.4. The topological polar surface area (TPSA) is 45.7 Å². The van der Waals surface area contributed by atoms with E-state index in [0.717, 1.165) is 30.6 Å². The van der Waals surface area contributed by atoms with Crippen molar-refractivity contribution in [2.45, 2.75) is 13.5 Å². The van der Waals surface area contributed by atoms with Crippen LogP contribution in [0.3, 0.4) is 0 Å². The van der Waals surface area contributed by atoms with Gasteiger partial charge in [-0.15, -0.1) is 0 Å². The molecule has 2 N–H and O–H groups in total. The lowest BCUT2D eigenvalue weighted by molar-refractivity contribution is 0.302. The summed E-state index contributed by atoms with van der Waals surface area (Å²) in [5.41, 5.74) is 4.60. The SMILES string of the molecule is CCNC(=S)N/N=C\c1cc(I)c(OCc2ccc(Cl)cc2Cl)c(I)c1. The molecule has 138 valence electrons. The summed E-state index contributed by atoms with van der Waals surface area (Å²) in [4.78, 5) is 0. The van der Waals surface area contributed by atoms with Crippen LogP contribution in [-0.4, -0.2) is 17.9 Å². The summed E-state index contributed by atoms with van der Waals surface area (Å²) in [5, 5.41) is 8.79. The molecular weight excluding hydrogens is 619 g/mol. The summed E-state index contributed by atoms with van der Waals surface area (Å²) in [5.74, 6) is 0.811. The van der Waals surface area contributed by atoms with Crippen molar-refractivity contribution >= 4 is 91.9 Å². The lowest BCUT2D eigenvalue weighted by Crippen LogP contribution is -2.31. The zero-order valence-corrected chi connectivity index (χ0v) is 20.3. The van der Waals surface area contributed by atoms with E-state index in [1.807, 2.05) is 25.1 Å². The lowest BCUT2D eigenvalue weighted by atomic mass is 10.2. The first-order valence-corrected chi connectivity index (χ1v) is 10.9. The van der Waals surface area contributed by atoms with Crippen molar-refractivity contribution in [1.82, 2.24) is 10.7 Å². The minimum absolute atomic E-state index is 0.369. The first kappa shape index (κ1) is 21.9. The number of benzene rings is 2. The number of hydrazone groups is 1. The number of halogens is 4. The molecular formula is C17H15Cl2I2N3OS. The van der Waals surface area contributed by atoms with Crippen LogP contribution >= 0.6 is 80.6 Å². The summed E-state index contributed by atoms with van der Waals surface area (Å²) >= 11 is 21.7. The van der Waals surface area contributed by atoms with E-state index >= 15 is 0 Å². The Morgan fingerprint density at radius 1 is 1.23 bits per heavy atom. The maximum atomic E-state index is 6.20. The van der Waals surface area contributed by atoms with Crippen LogP contribution in [0.1, 0.15) is 18.1 Å². The molecule has 0 fully saturated rings. The van der Waals surface area contributed by atoms with Gasteiger partial charge in [0.1, 0.15) is 12.4 Å². The molecule has 26 heavy (non-hydrogen) atoms. The number of hydrogen-bond acceptors (Lipinski definition) is 3. The van der Waals surface area contributed by atoms with E-state index in [9.17, 15) is 0 Å². The van der Waals surface area contributed by atoms with Crippen molar-refractivity contribution in [3.8, 4) is 5.75 Å². The van der Waals surface area contributed by atoms with E-state index in [-0.39, 0.29) is 0 Å². The first-order valence-electron chi connectivity index (χ1n) is 7.53. The summed E-state index contributed by atoms with van der Waals surface area (Å²) < 4.78 is 7.93. The van der Waals surface area contributed by atoms with Crippen LogP contribution in [0.5, 0.6) is 5.75 Å². The van der Waals surface area contributed by atoms with Crippen molar-refractivity contribution in [3.05, 3.63) is 58.6 Å². The van der Waals surface area contributed by atoms with Crippen LogP contribution in [0.15, 0.2) is 35.4 Å². The third kappa shape index (κ3) is 6.66. The maximum absolute atomic E-state index is 6.20. The second-order valence-electron chi connectivity index (χ2n) is 5.07. The van der Waals surface area contributed by atoms with Gasteiger partial charge in [0, 0.05) is 22.2 Å². The Kier molecular flexibility index (Phi) is 9.15. The fraction of sp³-hybridized carbons (Fsp3) is 0.176. The van der Waals surface area contributed by atoms with Crippen molar-refractivity contribution in [2.24, 2.45) is 5.10 Å². The predicted octanol–water partition coefficient (Wildman–Crippen LogP) is 5.60. The molecule has 0 atom stereocenters. The highest BCUT2D eigenvalue weighted by atomic mass is 127. The molecule has 2 rings (SSSR count). The van der Waals surface area contributed by atoms with Crippen LogP contribution in [0.25, 0.3) is 0 Å². The standard InChI is InChI=1S/C17H15Cl2I2N3OS/c1-2-22-17(26)24-23-8-10-5-14(20)16(15(21)6-10)25-9-11-3-4-12(18)7-13(11)19/h3-8H,2,9H2,1H3,(H2,22,24,26)/b23-8-. The maximum Gasteiger partial charge on any atom is 0.186 e. The zero-order chi connectivity index (χ0) is 19.1. The second-order valence-corrected chi connectivity index (χ2v) is 8.64. The average molecular weight is 634 g/mol. The van der Waals surface area contributed by atoms with Crippen molar-refractivity contribution in [1.29, 1.82) is 0 Å². The highest BCUT2D eigenvalue weighted by Crippen LogP contribution is 2.30. The molecule has 0 aliphatic carbocycles. The fourth-order valence-corrected chi connectivity index (χ4v) is 4.73. The fourth-order valence-electron chi connectivity index (χ4n) is 1.95. The number of nitrogens with one attached hydrogen (secondary N) is 2. The van der Waals surface area contributed by atoms with E-state index < -0.39 is 0 Å². The Bertz CT molecular complexity index is 811. The molecule has 0 aliphatic rings. The molecule has 0 unspecified atom stereocenters. The molecule has 0 bridgehead atoms. The Morgan fingerprint density at radius 3 is 2.54 bits per heavy atom. The van der Waals surface area contributed by atoms with Gasteiger partial charge in [-0.3, -0.25) is 5.43 Å². The van der Waals surface area contributed by atoms with Gasteiger partial charge < -0.3 is 10.1 Å². The van der Waals surface area contributed by atoms with Gasteiger partial charge in [-0.25, -0.2) is 0 Å². The molecule has 2 aromatic carbocycles. The van der Waals surface area contributed by atoms with Crippen molar-refractivity contribution in [3.63, 3.8) is 0 Å². The Hall–Kier alpha value is -0.360. The number of hydrogen-bond donors (Lipinski definition) is 2. The molecule has 0 heterocycles. The number of ether oxygens (including phenoxy) is 1. The highest BCUT2D eigenvalue weighted by Gasteiger charge is 2.10. The summed E-state index contributed by atoms with van der Waals surface area (Å²) in [6.45, 7) is 3.09. The molecule has 0 radical (unpaired) electrons. The molecule has 0 saturated heterocycles. The third-order valence-electron chi connectivity index (χ3n) is 3.12. The van der Waals surface area contributed by atoms with Gasteiger partial charge in [0.2, 0.25) is 0 Å². The molecule has 9 heteroatoms. The molecule has 2 aromatic rings. The van der Waals surface area contributed by atoms with Crippen molar-refractivity contribution < 1.29 is 4.74 Å².